The minimum absolute atomic E-state index is 0.137. The quantitative estimate of drug-likeness (QED) is 0.482. The van der Waals surface area contributed by atoms with Gasteiger partial charge in [0, 0.05) is 11.8 Å². The molecule has 4 fully saturated rings. The second-order valence-electron chi connectivity index (χ2n) is 8.93. The highest BCUT2D eigenvalue weighted by Gasteiger charge is 2.67. The second kappa shape index (κ2) is 7.37. The van der Waals surface area contributed by atoms with Gasteiger partial charge in [0.15, 0.2) is 0 Å². The van der Waals surface area contributed by atoms with Crippen LogP contribution in [0.5, 0.6) is 0 Å². The summed E-state index contributed by atoms with van der Waals surface area (Å²) in [7, 11) is -5.97. The van der Waals surface area contributed by atoms with Crippen LogP contribution in [0.1, 0.15) is 51.9 Å². The van der Waals surface area contributed by atoms with Crippen molar-refractivity contribution in [1.82, 2.24) is 0 Å². The third-order valence-electron chi connectivity index (χ3n) is 7.47. The standard InChI is InChI=1S/C19H26F2O8S/c1-2-18(6-4-3-5-7-18)29-16(22)13-11-8-10-12(13)9-27-14(10)15(11)28-17(23)19(20,21)30(24,25)26/h10-15H,2-9H2,1H3,(H,24,25,26). The third-order valence-corrected chi connectivity index (χ3v) is 8.28. The second-order valence-corrected chi connectivity index (χ2v) is 10.4. The van der Waals surface area contributed by atoms with Gasteiger partial charge in [-0.1, -0.05) is 13.3 Å². The number of hydrogen-bond acceptors (Lipinski definition) is 7. The fraction of sp³-hybridized carbons (Fsp3) is 0.895. The molecular formula is C19H26F2O8S. The van der Waals surface area contributed by atoms with Crippen LogP contribution in [0.15, 0.2) is 0 Å². The summed E-state index contributed by atoms with van der Waals surface area (Å²) in [5, 5.41) is -5.09. The Labute approximate surface area is 173 Å². The highest BCUT2D eigenvalue weighted by Crippen LogP contribution is 2.59. The first-order valence-corrected chi connectivity index (χ1v) is 11.8. The van der Waals surface area contributed by atoms with Gasteiger partial charge >= 0.3 is 27.3 Å². The predicted molar refractivity (Wildman–Crippen MR) is 96.9 cm³/mol. The molecule has 11 heteroatoms. The molecule has 4 aliphatic rings. The molecule has 0 aromatic heterocycles. The van der Waals surface area contributed by atoms with Crippen molar-refractivity contribution in [3.05, 3.63) is 0 Å². The van der Waals surface area contributed by atoms with Gasteiger partial charge in [0.25, 0.3) is 0 Å². The van der Waals surface area contributed by atoms with E-state index in [0.29, 0.717) is 12.8 Å². The Balaban J connectivity index is 1.51. The molecule has 0 amide bonds. The number of hydrogen-bond donors (Lipinski definition) is 1. The normalized spacial score (nSPS) is 37.2. The summed E-state index contributed by atoms with van der Waals surface area (Å²) < 4.78 is 74.1. The molecule has 6 unspecified atom stereocenters. The maximum absolute atomic E-state index is 13.7. The van der Waals surface area contributed by atoms with Crippen LogP contribution in [0, 0.1) is 23.7 Å². The van der Waals surface area contributed by atoms with Gasteiger partial charge < -0.3 is 14.2 Å². The molecule has 3 aliphatic carbocycles. The first kappa shape index (κ1) is 21.9. The summed E-state index contributed by atoms with van der Waals surface area (Å²) in [5.41, 5.74) is -0.528. The van der Waals surface area contributed by atoms with E-state index in [1.165, 1.54) is 0 Å². The molecule has 1 heterocycles. The monoisotopic (exact) mass is 452 g/mol. The summed E-state index contributed by atoms with van der Waals surface area (Å²) in [6.07, 6.45) is 3.86. The van der Waals surface area contributed by atoms with Crippen LogP contribution in [0.4, 0.5) is 8.78 Å². The van der Waals surface area contributed by atoms with Gasteiger partial charge in [-0.15, -0.1) is 0 Å². The van der Waals surface area contributed by atoms with E-state index >= 15 is 0 Å². The van der Waals surface area contributed by atoms with Gasteiger partial charge in [0.1, 0.15) is 11.7 Å². The largest absolute Gasteiger partial charge is 0.465 e. The van der Waals surface area contributed by atoms with Crippen molar-refractivity contribution in [3.63, 3.8) is 0 Å². The van der Waals surface area contributed by atoms with E-state index in [4.69, 9.17) is 18.8 Å². The van der Waals surface area contributed by atoms with Crippen LogP contribution >= 0.6 is 0 Å². The van der Waals surface area contributed by atoms with Crippen molar-refractivity contribution < 1.29 is 45.6 Å². The Morgan fingerprint density at radius 3 is 2.43 bits per heavy atom. The molecule has 0 spiro atoms. The van der Waals surface area contributed by atoms with Crippen LogP contribution in [0.2, 0.25) is 0 Å². The summed E-state index contributed by atoms with van der Waals surface area (Å²) in [6, 6.07) is 0. The van der Waals surface area contributed by atoms with Crippen molar-refractivity contribution in [2.45, 2.75) is 74.9 Å². The molecule has 0 radical (unpaired) electrons. The molecule has 3 saturated carbocycles. The zero-order valence-electron chi connectivity index (χ0n) is 16.6. The van der Waals surface area contributed by atoms with E-state index in [-0.39, 0.29) is 18.4 Å². The maximum Gasteiger partial charge on any atom is 0.465 e. The van der Waals surface area contributed by atoms with Crippen LogP contribution in [-0.4, -0.2) is 54.6 Å². The van der Waals surface area contributed by atoms with Crippen molar-refractivity contribution in [2.75, 3.05) is 6.61 Å². The molecule has 4 rings (SSSR count). The molecular weight excluding hydrogens is 426 g/mol. The zero-order valence-corrected chi connectivity index (χ0v) is 17.4. The van der Waals surface area contributed by atoms with E-state index < -0.39 is 57.0 Å². The van der Waals surface area contributed by atoms with Gasteiger partial charge in [-0.3, -0.25) is 9.35 Å². The number of alkyl halides is 2. The highest BCUT2D eigenvalue weighted by molar-refractivity contribution is 7.87. The van der Waals surface area contributed by atoms with E-state index in [2.05, 4.69) is 0 Å². The minimum Gasteiger partial charge on any atom is -0.459 e. The minimum atomic E-state index is -5.97. The fourth-order valence-electron chi connectivity index (χ4n) is 5.90. The zero-order chi connectivity index (χ0) is 21.9. The van der Waals surface area contributed by atoms with Crippen molar-refractivity contribution in [3.8, 4) is 0 Å². The lowest BCUT2D eigenvalue weighted by atomic mass is 9.78. The van der Waals surface area contributed by atoms with Crippen molar-refractivity contribution >= 4 is 22.1 Å². The van der Waals surface area contributed by atoms with Crippen LogP contribution < -0.4 is 0 Å². The molecule has 1 aliphatic heterocycles. The maximum atomic E-state index is 13.7. The molecule has 170 valence electrons. The number of carbonyl (C=O) groups is 2. The number of carbonyl (C=O) groups excluding carboxylic acids is 2. The van der Waals surface area contributed by atoms with E-state index in [0.717, 1.165) is 32.1 Å². The first-order chi connectivity index (χ1) is 14.0. The van der Waals surface area contributed by atoms with Crippen LogP contribution in [0.25, 0.3) is 0 Å². The average molecular weight is 452 g/mol. The number of esters is 2. The summed E-state index contributed by atoms with van der Waals surface area (Å²) in [5.74, 6) is -4.31. The smallest absolute Gasteiger partial charge is 0.459 e. The van der Waals surface area contributed by atoms with E-state index in [1.54, 1.807) is 0 Å². The fourth-order valence-corrected chi connectivity index (χ4v) is 6.16. The van der Waals surface area contributed by atoms with Gasteiger partial charge in [0.05, 0.1) is 18.6 Å². The molecule has 2 bridgehead atoms. The predicted octanol–water partition coefficient (Wildman–Crippen LogP) is 2.32. The number of ether oxygens (including phenoxy) is 3. The lowest BCUT2D eigenvalue weighted by molar-refractivity contribution is -0.184. The van der Waals surface area contributed by atoms with Crippen molar-refractivity contribution in [2.24, 2.45) is 23.7 Å². The number of rotatable bonds is 6. The van der Waals surface area contributed by atoms with Gasteiger partial charge in [-0.05, 0) is 44.4 Å². The molecule has 1 saturated heterocycles. The number of halogens is 2. The van der Waals surface area contributed by atoms with Crippen LogP contribution in [-0.2, 0) is 33.9 Å². The summed E-state index contributed by atoms with van der Waals surface area (Å²) >= 11 is 0. The van der Waals surface area contributed by atoms with Gasteiger partial charge in [-0.25, -0.2) is 4.79 Å². The first-order valence-electron chi connectivity index (χ1n) is 10.4. The van der Waals surface area contributed by atoms with E-state index in [1.807, 2.05) is 6.92 Å². The Kier molecular flexibility index (Phi) is 5.38. The average Bonchev–Trinajstić information content (AvgIpc) is 3.31. The Bertz CT molecular complexity index is 822. The lowest BCUT2D eigenvalue weighted by Crippen LogP contribution is -2.49. The van der Waals surface area contributed by atoms with Crippen molar-refractivity contribution in [1.29, 1.82) is 0 Å². The van der Waals surface area contributed by atoms with Crippen LogP contribution in [0.3, 0.4) is 0 Å². The molecule has 8 nitrogen and oxygen atoms in total. The number of fused-ring (bicyclic) bond motifs is 1. The van der Waals surface area contributed by atoms with Gasteiger partial charge in [-0.2, -0.15) is 17.2 Å². The highest BCUT2D eigenvalue weighted by atomic mass is 32.2. The topological polar surface area (TPSA) is 116 Å². The Morgan fingerprint density at radius 1 is 1.17 bits per heavy atom. The molecule has 1 N–H and O–H groups in total. The lowest BCUT2D eigenvalue weighted by Gasteiger charge is -2.39. The Hall–Kier alpha value is -1.33. The summed E-state index contributed by atoms with van der Waals surface area (Å²) in [4.78, 5) is 25.0. The van der Waals surface area contributed by atoms with E-state index in [9.17, 15) is 26.8 Å². The molecule has 6 atom stereocenters. The van der Waals surface area contributed by atoms with Gasteiger partial charge in [0.2, 0.25) is 0 Å². The molecule has 0 aromatic carbocycles. The molecule has 30 heavy (non-hydrogen) atoms. The summed E-state index contributed by atoms with van der Waals surface area (Å²) in [6.45, 7) is 2.20. The molecule has 0 aromatic rings. The SMILES string of the molecule is CCC1(OC(=O)C2C3COC4C3CC2C4OC(=O)C(F)(F)S(=O)(=O)O)CCCCC1. The Morgan fingerprint density at radius 2 is 1.83 bits per heavy atom. The third kappa shape index (κ3) is 3.33.